The second-order valence-corrected chi connectivity index (χ2v) is 4.96. The summed E-state index contributed by atoms with van der Waals surface area (Å²) < 4.78 is 0.997. The molecule has 1 aromatic heterocycles. The van der Waals surface area contributed by atoms with Crippen LogP contribution in [0.4, 0.5) is 5.69 Å². The molecule has 0 radical (unpaired) electrons. The second-order valence-electron chi connectivity index (χ2n) is 4.11. The summed E-state index contributed by atoms with van der Waals surface area (Å²) in [5.41, 5.74) is 3.40. The van der Waals surface area contributed by atoms with E-state index in [1.807, 2.05) is 32.0 Å². The minimum Gasteiger partial charge on any atom is -0.320 e. The summed E-state index contributed by atoms with van der Waals surface area (Å²) in [6, 6.07) is 7.38. The van der Waals surface area contributed by atoms with Crippen LogP contribution in [0.25, 0.3) is 0 Å². The Morgan fingerprint density at radius 3 is 2.67 bits per heavy atom. The Morgan fingerprint density at radius 2 is 2.00 bits per heavy atom. The van der Waals surface area contributed by atoms with Gasteiger partial charge in [-0.1, -0.05) is 15.9 Å². The van der Waals surface area contributed by atoms with E-state index >= 15 is 0 Å². The van der Waals surface area contributed by atoms with Crippen molar-refractivity contribution in [2.24, 2.45) is 0 Å². The van der Waals surface area contributed by atoms with Crippen LogP contribution >= 0.6 is 15.9 Å². The average molecular weight is 305 g/mol. The number of anilines is 1. The van der Waals surface area contributed by atoms with E-state index in [-0.39, 0.29) is 5.91 Å². The number of carbonyl (C=O) groups is 1. The lowest BCUT2D eigenvalue weighted by molar-refractivity contribution is 0.102. The highest BCUT2D eigenvalue weighted by Gasteiger charge is 2.08. The zero-order valence-corrected chi connectivity index (χ0v) is 11.8. The van der Waals surface area contributed by atoms with Gasteiger partial charge in [0.2, 0.25) is 0 Å². The third-order valence-corrected chi connectivity index (χ3v) is 3.60. The van der Waals surface area contributed by atoms with E-state index in [2.05, 4.69) is 26.2 Å². The molecule has 1 N–H and O–H groups in total. The predicted molar refractivity (Wildman–Crippen MR) is 75.8 cm³/mol. The molecule has 0 fully saturated rings. The molecule has 0 aliphatic carbocycles. The summed E-state index contributed by atoms with van der Waals surface area (Å²) in [6.45, 7) is 3.89. The zero-order chi connectivity index (χ0) is 13.1. The number of pyridine rings is 1. The number of benzene rings is 1. The Balaban J connectivity index is 2.22. The van der Waals surface area contributed by atoms with Crippen molar-refractivity contribution in [2.75, 3.05) is 5.32 Å². The number of carbonyl (C=O) groups excluding carboxylic acids is 1. The van der Waals surface area contributed by atoms with Gasteiger partial charge in [-0.25, -0.2) is 0 Å². The normalized spacial score (nSPS) is 10.2. The molecule has 0 atom stereocenters. The molecule has 0 saturated heterocycles. The maximum absolute atomic E-state index is 12.1. The van der Waals surface area contributed by atoms with Gasteiger partial charge in [0.05, 0.1) is 11.9 Å². The number of rotatable bonds is 2. The Bertz CT molecular complexity index is 596. The summed E-state index contributed by atoms with van der Waals surface area (Å²) in [5, 5.41) is 2.86. The first kappa shape index (κ1) is 12.8. The first-order valence-corrected chi connectivity index (χ1v) is 6.35. The van der Waals surface area contributed by atoms with Crippen LogP contribution in [-0.2, 0) is 0 Å². The van der Waals surface area contributed by atoms with E-state index in [0.717, 1.165) is 21.3 Å². The van der Waals surface area contributed by atoms with E-state index in [0.29, 0.717) is 5.56 Å². The molecule has 4 heteroatoms. The minimum atomic E-state index is -0.123. The lowest BCUT2D eigenvalue weighted by Crippen LogP contribution is -2.13. The van der Waals surface area contributed by atoms with Crippen LogP contribution in [0.5, 0.6) is 0 Å². The first-order chi connectivity index (χ1) is 8.58. The van der Waals surface area contributed by atoms with Crippen molar-refractivity contribution < 1.29 is 4.79 Å². The largest absolute Gasteiger partial charge is 0.320 e. The third-order valence-electron chi connectivity index (χ3n) is 2.71. The van der Waals surface area contributed by atoms with Crippen LogP contribution in [0, 0.1) is 13.8 Å². The number of hydrogen-bond acceptors (Lipinski definition) is 2. The minimum absolute atomic E-state index is 0.123. The topological polar surface area (TPSA) is 42.0 Å². The smallest absolute Gasteiger partial charge is 0.255 e. The van der Waals surface area contributed by atoms with Crippen molar-refractivity contribution in [3.8, 4) is 0 Å². The molecule has 0 spiro atoms. The predicted octanol–water partition coefficient (Wildman–Crippen LogP) is 3.71. The van der Waals surface area contributed by atoms with Crippen LogP contribution in [0.2, 0.25) is 0 Å². The van der Waals surface area contributed by atoms with E-state index in [9.17, 15) is 4.79 Å². The van der Waals surface area contributed by atoms with E-state index in [1.165, 1.54) is 0 Å². The molecule has 0 bridgehead atoms. The zero-order valence-electron chi connectivity index (χ0n) is 10.2. The fourth-order valence-electron chi connectivity index (χ4n) is 1.58. The molecular formula is C14H13BrN2O. The molecule has 1 aromatic carbocycles. The van der Waals surface area contributed by atoms with Crippen LogP contribution in [0.3, 0.4) is 0 Å². The quantitative estimate of drug-likeness (QED) is 0.919. The van der Waals surface area contributed by atoms with Gasteiger partial charge in [0.1, 0.15) is 0 Å². The van der Waals surface area contributed by atoms with Gasteiger partial charge >= 0.3 is 0 Å². The van der Waals surface area contributed by atoms with Gasteiger partial charge in [-0.05, 0) is 49.2 Å². The Kier molecular flexibility index (Phi) is 3.77. The van der Waals surface area contributed by atoms with Gasteiger partial charge in [0.25, 0.3) is 5.91 Å². The summed E-state index contributed by atoms with van der Waals surface area (Å²) >= 11 is 3.42. The van der Waals surface area contributed by atoms with E-state index < -0.39 is 0 Å². The lowest BCUT2D eigenvalue weighted by Gasteiger charge is -2.08. The van der Waals surface area contributed by atoms with Crippen molar-refractivity contribution in [1.82, 2.24) is 4.98 Å². The van der Waals surface area contributed by atoms with Gasteiger partial charge in [0.15, 0.2) is 0 Å². The summed E-state index contributed by atoms with van der Waals surface area (Å²) in [7, 11) is 0. The van der Waals surface area contributed by atoms with Crippen molar-refractivity contribution in [1.29, 1.82) is 0 Å². The molecule has 0 aliphatic heterocycles. The van der Waals surface area contributed by atoms with Crippen LogP contribution < -0.4 is 5.32 Å². The maximum Gasteiger partial charge on any atom is 0.255 e. The summed E-state index contributed by atoms with van der Waals surface area (Å²) in [6.07, 6.45) is 3.35. The Hall–Kier alpha value is -1.68. The van der Waals surface area contributed by atoms with Crippen molar-refractivity contribution in [3.05, 3.63) is 57.8 Å². The van der Waals surface area contributed by atoms with Crippen molar-refractivity contribution >= 4 is 27.5 Å². The van der Waals surface area contributed by atoms with Gasteiger partial charge in [0, 0.05) is 16.2 Å². The molecule has 1 heterocycles. The number of halogens is 1. The monoisotopic (exact) mass is 304 g/mol. The number of nitrogens with one attached hydrogen (secondary N) is 1. The summed E-state index contributed by atoms with van der Waals surface area (Å²) in [4.78, 5) is 16.1. The maximum atomic E-state index is 12.1. The Labute approximate surface area is 114 Å². The molecule has 1 amide bonds. The molecule has 18 heavy (non-hydrogen) atoms. The molecule has 0 saturated carbocycles. The molecule has 92 valence electrons. The highest BCUT2D eigenvalue weighted by atomic mass is 79.9. The second kappa shape index (κ2) is 5.31. The standard InChI is InChI=1S/C14H13BrN2O/c1-9-5-6-16-8-13(9)17-14(18)11-3-4-12(15)10(2)7-11/h3-8H,1-2H3,(H,17,18). The number of amides is 1. The molecular weight excluding hydrogens is 292 g/mol. The van der Waals surface area contributed by atoms with Gasteiger partial charge in [-0.2, -0.15) is 0 Å². The van der Waals surface area contributed by atoms with Crippen LogP contribution in [-0.4, -0.2) is 10.9 Å². The number of nitrogens with zero attached hydrogens (tertiary/aromatic N) is 1. The molecule has 0 unspecified atom stereocenters. The molecule has 2 aromatic rings. The summed E-state index contributed by atoms with van der Waals surface area (Å²) in [5.74, 6) is -0.123. The van der Waals surface area contributed by atoms with Gasteiger partial charge in [-0.3, -0.25) is 9.78 Å². The van der Waals surface area contributed by atoms with Gasteiger partial charge in [-0.15, -0.1) is 0 Å². The number of aryl methyl sites for hydroxylation is 2. The average Bonchev–Trinajstić information content (AvgIpc) is 2.35. The van der Waals surface area contributed by atoms with E-state index in [4.69, 9.17) is 0 Å². The highest BCUT2D eigenvalue weighted by molar-refractivity contribution is 9.10. The molecule has 0 aliphatic rings. The highest BCUT2D eigenvalue weighted by Crippen LogP contribution is 2.18. The SMILES string of the molecule is Cc1cc(C(=O)Nc2cnccc2C)ccc1Br. The van der Waals surface area contributed by atoms with Gasteiger partial charge < -0.3 is 5.32 Å². The number of aromatic nitrogens is 1. The van der Waals surface area contributed by atoms with Crippen molar-refractivity contribution in [2.45, 2.75) is 13.8 Å². The fraction of sp³-hybridized carbons (Fsp3) is 0.143. The molecule has 3 nitrogen and oxygen atoms in total. The van der Waals surface area contributed by atoms with Crippen molar-refractivity contribution in [3.63, 3.8) is 0 Å². The first-order valence-electron chi connectivity index (χ1n) is 5.56. The Morgan fingerprint density at radius 1 is 1.22 bits per heavy atom. The van der Waals surface area contributed by atoms with Crippen LogP contribution in [0.1, 0.15) is 21.5 Å². The number of hydrogen-bond donors (Lipinski definition) is 1. The fourth-order valence-corrected chi connectivity index (χ4v) is 1.82. The van der Waals surface area contributed by atoms with E-state index in [1.54, 1.807) is 18.5 Å². The lowest BCUT2D eigenvalue weighted by atomic mass is 10.1. The third kappa shape index (κ3) is 2.76. The molecule has 2 rings (SSSR count). The van der Waals surface area contributed by atoms with Crippen LogP contribution in [0.15, 0.2) is 41.1 Å².